The van der Waals surface area contributed by atoms with E-state index in [-0.39, 0.29) is 6.04 Å². The van der Waals surface area contributed by atoms with Crippen LogP contribution in [0.5, 0.6) is 0 Å². The minimum absolute atomic E-state index is 0.150. The Morgan fingerprint density at radius 2 is 1.81 bits per heavy atom. The van der Waals surface area contributed by atoms with Gasteiger partial charge in [0, 0.05) is 18.3 Å². The first-order valence-electron chi connectivity index (χ1n) is 7.89. The Kier molecular flexibility index (Phi) is 4.22. The van der Waals surface area contributed by atoms with E-state index in [2.05, 4.69) is 17.0 Å². The summed E-state index contributed by atoms with van der Waals surface area (Å²) >= 11 is 0. The molecule has 0 saturated heterocycles. The van der Waals surface area contributed by atoms with Gasteiger partial charge in [0.2, 0.25) is 10.0 Å². The molecule has 0 aromatic heterocycles. The Hall–Kier alpha value is -1.07. The van der Waals surface area contributed by atoms with Gasteiger partial charge in [0.05, 0.1) is 4.90 Å². The predicted molar refractivity (Wildman–Crippen MR) is 84.8 cm³/mol. The van der Waals surface area contributed by atoms with E-state index in [4.69, 9.17) is 0 Å². The molecule has 4 nitrogen and oxygen atoms in total. The monoisotopic (exact) mass is 308 g/mol. The molecule has 2 aliphatic carbocycles. The molecule has 0 spiro atoms. The second kappa shape index (κ2) is 5.97. The second-order valence-electron chi connectivity index (χ2n) is 6.59. The van der Waals surface area contributed by atoms with E-state index >= 15 is 0 Å². The van der Waals surface area contributed by atoms with Gasteiger partial charge in [-0.25, -0.2) is 13.1 Å². The van der Waals surface area contributed by atoms with E-state index in [0.717, 1.165) is 36.9 Å². The molecule has 0 bridgehead atoms. The van der Waals surface area contributed by atoms with Crippen molar-refractivity contribution >= 4 is 15.7 Å². The van der Waals surface area contributed by atoms with Crippen molar-refractivity contribution in [2.45, 2.75) is 50.0 Å². The van der Waals surface area contributed by atoms with Gasteiger partial charge in [0.25, 0.3) is 0 Å². The Labute approximate surface area is 127 Å². The van der Waals surface area contributed by atoms with Crippen LogP contribution >= 0.6 is 0 Å². The molecule has 0 radical (unpaired) electrons. The SMILES string of the molecule is CC1CCC(CNc2ccc(S(=O)(=O)NC3CC3)cc2)C1. The number of rotatable bonds is 6. The third kappa shape index (κ3) is 3.98. The normalized spacial score (nSPS) is 26.0. The molecule has 116 valence electrons. The summed E-state index contributed by atoms with van der Waals surface area (Å²) in [4.78, 5) is 0.356. The van der Waals surface area contributed by atoms with Crippen LogP contribution in [-0.2, 0) is 10.0 Å². The Morgan fingerprint density at radius 1 is 1.10 bits per heavy atom. The van der Waals surface area contributed by atoms with Crippen LogP contribution in [0.15, 0.2) is 29.2 Å². The van der Waals surface area contributed by atoms with Gasteiger partial charge in [-0.3, -0.25) is 0 Å². The highest BCUT2D eigenvalue weighted by molar-refractivity contribution is 7.89. The van der Waals surface area contributed by atoms with Gasteiger partial charge in [-0.05, 0) is 61.8 Å². The molecule has 2 N–H and O–H groups in total. The molecule has 2 fully saturated rings. The van der Waals surface area contributed by atoms with E-state index in [0.29, 0.717) is 4.90 Å². The largest absolute Gasteiger partial charge is 0.385 e. The lowest BCUT2D eigenvalue weighted by atomic mass is 10.1. The molecule has 0 aliphatic heterocycles. The molecule has 3 rings (SSSR count). The first kappa shape index (κ1) is 14.9. The number of anilines is 1. The lowest BCUT2D eigenvalue weighted by molar-refractivity contribution is 0.537. The van der Waals surface area contributed by atoms with E-state index in [9.17, 15) is 8.42 Å². The van der Waals surface area contributed by atoms with E-state index in [1.807, 2.05) is 12.1 Å². The highest BCUT2D eigenvalue weighted by Crippen LogP contribution is 2.30. The van der Waals surface area contributed by atoms with Crippen LogP contribution < -0.4 is 10.0 Å². The van der Waals surface area contributed by atoms with E-state index in [1.165, 1.54) is 19.3 Å². The highest BCUT2D eigenvalue weighted by atomic mass is 32.2. The standard InChI is InChI=1S/C16H24N2O2S/c1-12-2-3-13(10-12)11-17-14-6-8-16(9-7-14)21(19,20)18-15-4-5-15/h6-9,12-13,15,17-18H,2-5,10-11H2,1H3. The molecule has 2 atom stereocenters. The average Bonchev–Trinajstić information content (AvgIpc) is 3.16. The van der Waals surface area contributed by atoms with Gasteiger partial charge >= 0.3 is 0 Å². The molecule has 2 aliphatic rings. The van der Waals surface area contributed by atoms with Gasteiger partial charge in [-0.1, -0.05) is 13.3 Å². The average molecular weight is 308 g/mol. The fraction of sp³-hybridized carbons (Fsp3) is 0.625. The predicted octanol–water partition coefficient (Wildman–Crippen LogP) is 2.98. The summed E-state index contributed by atoms with van der Waals surface area (Å²) in [6.07, 6.45) is 5.84. The molecule has 5 heteroatoms. The fourth-order valence-corrected chi connectivity index (χ4v) is 4.32. The molecule has 21 heavy (non-hydrogen) atoms. The maximum Gasteiger partial charge on any atom is 0.240 e. The van der Waals surface area contributed by atoms with Crippen LogP contribution in [-0.4, -0.2) is 21.0 Å². The number of hydrogen-bond acceptors (Lipinski definition) is 3. The number of sulfonamides is 1. The summed E-state index contributed by atoms with van der Waals surface area (Å²) in [5.41, 5.74) is 1.000. The summed E-state index contributed by atoms with van der Waals surface area (Å²) in [6.45, 7) is 3.29. The molecule has 1 aromatic carbocycles. The highest BCUT2D eigenvalue weighted by Gasteiger charge is 2.27. The molecule has 1 aromatic rings. The summed E-state index contributed by atoms with van der Waals surface area (Å²) in [6, 6.07) is 7.24. The third-order valence-electron chi connectivity index (χ3n) is 4.46. The van der Waals surface area contributed by atoms with Crippen LogP contribution in [0.2, 0.25) is 0 Å². The maximum atomic E-state index is 12.1. The Morgan fingerprint density at radius 3 is 2.38 bits per heavy atom. The lowest BCUT2D eigenvalue weighted by Gasteiger charge is -2.13. The van der Waals surface area contributed by atoms with Gasteiger partial charge in [-0.2, -0.15) is 0 Å². The zero-order chi connectivity index (χ0) is 14.9. The van der Waals surface area contributed by atoms with Crippen molar-refractivity contribution in [3.05, 3.63) is 24.3 Å². The van der Waals surface area contributed by atoms with Crippen LogP contribution in [0.3, 0.4) is 0 Å². The van der Waals surface area contributed by atoms with Crippen molar-refractivity contribution < 1.29 is 8.42 Å². The van der Waals surface area contributed by atoms with E-state index < -0.39 is 10.0 Å². The zero-order valence-corrected chi connectivity index (χ0v) is 13.3. The van der Waals surface area contributed by atoms with Gasteiger partial charge < -0.3 is 5.32 Å². The summed E-state index contributed by atoms with van der Waals surface area (Å²) < 4.78 is 26.8. The van der Waals surface area contributed by atoms with Gasteiger partial charge in [0.1, 0.15) is 0 Å². The first-order valence-corrected chi connectivity index (χ1v) is 9.37. The van der Waals surface area contributed by atoms with Crippen molar-refractivity contribution in [2.24, 2.45) is 11.8 Å². The number of hydrogen-bond donors (Lipinski definition) is 2. The van der Waals surface area contributed by atoms with Crippen LogP contribution in [0, 0.1) is 11.8 Å². The fourth-order valence-electron chi connectivity index (χ4n) is 3.01. The van der Waals surface area contributed by atoms with Crippen molar-refractivity contribution in [1.82, 2.24) is 4.72 Å². The molecular weight excluding hydrogens is 284 g/mol. The van der Waals surface area contributed by atoms with Crippen molar-refractivity contribution in [1.29, 1.82) is 0 Å². The van der Waals surface area contributed by atoms with Crippen LogP contribution in [0.25, 0.3) is 0 Å². The molecule has 2 unspecified atom stereocenters. The van der Waals surface area contributed by atoms with Gasteiger partial charge in [0.15, 0.2) is 0 Å². The maximum absolute atomic E-state index is 12.1. The smallest absolute Gasteiger partial charge is 0.240 e. The zero-order valence-electron chi connectivity index (χ0n) is 12.5. The van der Waals surface area contributed by atoms with Crippen molar-refractivity contribution in [2.75, 3.05) is 11.9 Å². The number of benzene rings is 1. The topological polar surface area (TPSA) is 58.2 Å². The van der Waals surface area contributed by atoms with Crippen molar-refractivity contribution in [3.8, 4) is 0 Å². The van der Waals surface area contributed by atoms with Crippen LogP contribution in [0.4, 0.5) is 5.69 Å². The molecular formula is C16H24N2O2S. The second-order valence-corrected chi connectivity index (χ2v) is 8.30. The molecule has 2 saturated carbocycles. The first-order chi connectivity index (χ1) is 10.0. The number of nitrogens with one attached hydrogen (secondary N) is 2. The minimum atomic E-state index is -3.33. The molecule has 0 amide bonds. The minimum Gasteiger partial charge on any atom is -0.385 e. The summed E-state index contributed by atoms with van der Waals surface area (Å²) in [7, 11) is -3.33. The summed E-state index contributed by atoms with van der Waals surface area (Å²) in [5, 5.41) is 3.42. The quantitative estimate of drug-likeness (QED) is 0.849. The Bertz CT molecular complexity index is 579. The van der Waals surface area contributed by atoms with Crippen molar-refractivity contribution in [3.63, 3.8) is 0 Å². The molecule has 0 heterocycles. The summed E-state index contributed by atoms with van der Waals surface area (Å²) in [5.74, 6) is 1.60. The van der Waals surface area contributed by atoms with E-state index in [1.54, 1.807) is 12.1 Å². The Balaban J connectivity index is 1.56. The third-order valence-corrected chi connectivity index (χ3v) is 6.00. The van der Waals surface area contributed by atoms with Gasteiger partial charge in [-0.15, -0.1) is 0 Å². The lowest BCUT2D eigenvalue weighted by Crippen LogP contribution is -2.25. The van der Waals surface area contributed by atoms with Crippen LogP contribution in [0.1, 0.15) is 39.0 Å².